The Hall–Kier alpha value is -0.250. The number of benzene rings is 1. The van der Waals surface area contributed by atoms with Crippen LogP contribution in [0.3, 0.4) is 0 Å². The van der Waals surface area contributed by atoms with Crippen LogP contribution in [0, 0.1) is 5.92 Å². The minimum absolute atomic E-state index is 0. The Balaban J connectivity index is 0.00000256. The average Bonchev–Trinajstić information content (AvgIpc) is 2.21. The molecule has 98 valence electrons. The maximum atomic E-state index is 5.59. The van der Waals surface area contributed by atoms with Gasteiger partial charge in [-0.1, -0.05) is 29.8 Å². The monoisotopic (exact) mass is 321 g/mol. The van der Waals surface area contributed by atoms with E-state index >= 15 is 0 Å². The lowest BCUT2D eigenvalue weighted by atomic mass is 10.2. The Morgan fingerprint density at radius 3 is 2.65 bits per heavy atom. The number of ether oxygens (including phenoxy) is 1. The molecule has 0 saturated carbocycles. The van der Waals surface area contributed by atoms with E-state index in [1.807, 2.05) is 19.1 Å². The zero-order valence-electron chi connectivity index (χ0n) is 10.6. The highest BCUT2D eigenvalue weighted by Crippen LogP contribution is 2.23. The summed E-state index contributed by atoms with van der Waals surface area (Å²) in [6.07, 6.45) is 0. The molecule has 1 aromatic rings. The smallest absolute Gasteiger partial charge is 0.123 e. The van der Waals surface area contributed by atoms with Gasteiger partial charge >= 0.3 is 0 Å². The van der Waals surface area contributed by atoms with Crippen molar-refractivity contribution in [1.29, 1.82) is 0 Å². The molecule has 0 aliphatic rings. The van der Waals surface area contributed by atoms with Gasteiger partial charge in [0.15, 0.2) is 0 Å². The van der Waals surface area contributed by atoms with Gasteiger partial charge in [0.1, 0.15) is 5.75 Å². The maximum absolute atomic E-state index is 5.59. The summed E-state index contributed by atoms with van der Waals surface area (Å²) in [5.41, 5.74) is 1.21. The standard InChI is InChI=1S/C13H20BrNO.ClH/c1-4-16-13-6-5-12(14)7-11(13)9-15-8-10(2)3;/h5-7,10,15H,4,8-9H2,1-3H3;1H. The largest absolute Gasteiger partial charge is 0.494 e. The number of nitrogens with one attached hydrogen (secondary N) is 1. The molecule has 0 aliphatic heterocycles. The van der Waals surface area contributed by atoms with Crippen molar-refractivity contribution in [1.82, 2.24) is 5.32 Å². The number of halogens is 2. The maximum Gasteiger partial charge on any atom is 0.123 e. The van der Waals surface area contributed by atoms with Crippen LogP contribution >= 0.6 is 28.3 Å². The van der Waals surface area contributed by atoms with E-state index < -0.39 is 0 Å². The van der Waals surface area contributed by atoms with Crippen LogP contribution in [0.15, 0.2) is 22.7 Å². The summed E-state index contributed by atoms with van der Waals surface area (Å²) in [6, 6.07) is 6.13. The van der Waals surface area contributed by atoms with Crippen molar-refractivity contribution >= 4 is 28.3 Å². The van der Waals surface area contributed by atoms with Gasteiger partial charge in [-0.25, -0.2) is 0 Å². The summed E-state index contributed by atoms with van der Waals surface area (Å²) in [7, 11) is 0. The summed E-state index contributed by atoms with van der Waals surface area (Å²) in [5.74, 6) is 1.64. The molecule has 0 aliphatic carbocycles. The van der Waals surface area contributed by atoms with E-state index in [4.69, 9.17) is 4.74 Å². The molecular weight excluding hydrogens is 302 g/mol. The van der Waals surface area contributed by atoms with Gasteiger partial charge in [-0.15, -0.1) is 12.4 Å². The summed E-state index contributed by atoms with van der Waals surface area (Å²) >= 11 is 3.48. The Morgan fingerprint density at radius 2 is 2.06 bits per heavy atom. The fourth-order valence-electron chi connectivity index (χ4n) is 1.48. The van der Waals surface area contributed by atoms with Crippen LogP contribution in [0.25, 0.3) is 0 Å². The molecule has 0 spiro atoms. The van der Waals surface area contributed by atoms with Crippen LogP contribution in [0.1, 0.15) is 26.3 Å². The van der Waals surface area contributed by atoms with Gasteiger partial charge < -0.3 is 10.1 Å². The highest BCUT2D eigenvalue weighted by atomic mass is 79.9. The van der Waals surface area contributed by atoms with E-state index in [9.17, 15) is 0 Å². The van der Waals surface area contributed by atoms with Crippen LogP contribution in [0.4, 0.5) is 0 Å². The average molecular weight is 323 g/mol. The SMILES string of the molecule is CCOc1ccc(Br)cc1CNCC(C)C.Cl. The summed E-state index contributed by atoms with van der Waals surface area (Å²) in [4.78, 5) is 0. The highest BCUT2D eigenvalue weighted by molar-refractivity contribution is 9.10. The molecule has 0 aromatic heterocycles. The van der Waals surface area contributed by atoms with Crippen molar-refractivity contribution in [3.05, 3.63) is 28.2 Å². The second-order valence-corrected chi connectivity index (χ2v) is 5.13. The summed E-state index contributed by atoms with van der Waals surface area (Å²) in [6.45, 7) is 9.01. The van der Waals surface area contributed by atoms with Crippen molar-refractivity contribution in [2.45, 2.75) is 27.3 Å². The van der Waals surface area contributed by atoms with Gasteiger partial charge in [-0.05, 0) is 37.6 Å². The van der Waals surface area contributed by atoms with Crippen LogP contribution < -0.4 is 10.1 Å². The van der Waals surface area contributed by atoms with Crippen molar-refractivity contribution in [3.8, 4) is 5.75 Å². The minimum Gasteiger partial charge on any atom is -0.494 e. The van der Waals surface area contributed by atoms with Crippen molar-refractivity contribution in [2.24, 2.45) is 5.92 Å². The first-order valence-corrected chi connectivity index (χ1v) is 6.54. The lowest BCUT2D eigenvalue weighted by molar-refractivity contribution is 0.335. The first kappa shape index (κ1) is 16.8. The van der Waals surface area contributed by atoms with Crippen LogP contribution in [-0.4, -0.2) is 13.2 Å². The number of hydrogen-bond acceptors (Lipinski definition) is 2. The second-order valence-electron chi connectivity index (χ2n) is 4.21. The Kier molecular flexibility index (Phi) is 8.66. The molecule has 1 N–H and O–H groups in total. The molecule has 1 aromatic carbocycles. The molecule has 0 radical (unpaired) electrons. The van der Waals surface area contributed by atoms with E-state index in [-0.39, 0.29) is 12.4 Å². The fourth-order valence-corrected chi connectivity index (χ4v) is 1.89. The number of rotatable bonds is 6. The predicted molar refractivity (Wildman–Crippen MR) is 79.1 cm³/mol. The van der Waals surface area contributed by atoms with E-state index in [1.165, 1.54) is 5.56 Å². The van der Waals surface area contributed by atoms with Crippen LogP contribution in [0.5, 0.6) is 5.75 Å². The molecule has 17 heavy (non-hydrogen) atoms. The quantitative estimate of drug-likeness (QED) is 0.854. The molecule has 4 heteroatoms. The van der Waals surface area contributed by atoms with Gasteiger partial charge in [-0.2, -0.15) is 0 Å². The molecule has 0 unspecified atom stereocenters. The summed E-state index contributed by atoms with van der Waals surface area (Å²) in [5, 5.41) is 3.43. The molecule has 0 atom stereocenters. The Morgan fingerprint density at radius 1 is 1.35 bits per heavy atom. The second kappa shape index (κ2) is 8.78. The van der Waals surface area contributed by atoms with Gasteiger partial charge in [-0.3, -0.25) is 0 Å². The Labute approximate surface area is 119 Å². The third kappa shape index (κ3) is 6.29. The lowest BCUT2D eigenvalue weighted by Gasteiger charge is -2.12. The Bertz CT molecular complexity index is 331. The van der Waals surface area contributed by atoms with Crippen molar-refractivity contribution in [3.63, 3.8) is 0 Å². The topological polar surface area (TPSA) is 21.3 Å². The summed E-state index contributed by atoms with van der Waals surface area (Å²) < 4.78 is 6.68. The van der Waals surface area contributed by atoms with Crippen molar-refractivity contribution < 1.29 is 4.74 Å². The molecule has 1 rings (SSSR count). The normalized spacial score (nSPS) is 10.2. The van der Waals surface area contributed by atoms with E-state index in [1.54, 1.807) is 0 Å². The van der Waals surface area contributed by atoms with Crippen molar-refractivity contribution in [2.75, 3.05) is 13.2 Å². The van der Waals surface area contributed by atoms with E-state index in [2.05, 4.69) is 41.2 Å². The van der Waals surface area contributed by atoms with E-state index in [0.29, 0.717) is 12.5 Å². The first-order chi connectivity index (χ1) is 7.63. The molecule has 0 fully saturated rings. The van der Waals surface area contributed by atoms with Crippen LogP contribution in [0.2, 0.25) is 0 Å². The first-order valence-electron chi connectivity index (χ1n) is 5.75. The van der Waals surface area contributed by atoms with Gasteiger partial charge in [0.05, 0.1) is 6.61 Å². The molecular formula is C13H21BrClNO. The van der Waals surface area contributed by atoms with Gasteiger partial charge in [0.25, 0.3) is 0 Å². The minimum atomic E-state index is 0. The fraction of sp³-hybridized carbons (Fsp3) is 0.538. The van der Waals surface area contributed by atoms with Gasteiger partial charge in [0, 0.05) is 16.6 Å². The van der Waals surface area contributed by atoms with Gasteiger partial charge in [0.2, 0.25) is 0 Å². The molecule has 0 amide bonds. The third-order valence-electron chi connectivity index (χ3n) is 2.19. The van der Waals surface area contributed by atoms with E-state index in [0.717, 1.165) is 23.3 Å². The van der Waals surface area contributed by atoms with Crippen LogP contribution in [-0.2, 0) is 6.54 Å². The molecule has 0 bridgehead atoms. The zero-order chi connectivity index (χ0) is 12.0. The lowest BCUT2D eigenvalue weighted by Crippen LogP contribution is -2.19. The molecule has 0 heterocycles. The third-order valence-corrected chi connectivity index (χ3v) is 2.68. The molecule has 0 saturated heterocycles. The number of hydrogen-bond donors (Lipinski definition) is 1. The predicted octanol–water partition coefficient (Wildman–Crippen LogP) is 4.02. The zero-order valence-corrected chi connectivity index (χ0v) is 13.0. The highest BCUT2D eigenvalue weighted by Gasteiger charge is 2.04. The molecule has 2 nitrogen and oxygen atoms in total.